The Kier molecular flexibility index (Phi) is 12.6. The predicted octanol–water partition coefficient (Wildman–Crippen LogP) is 5.37. The summed E-state index contributed by atoms with van der Waals surface area (Å²) in [4.78, 5) is 0. The summed E-state index contributed by atoms with van der Waals surface area (Å²) in [5, 5.41) is 0. The molecule has 0 aliphatic heterocycles. The van der Waals surface area contributed by atoms with Crippen LogP contribution in [-0.2, 0) is 4.74 Å². The molecule has 0 saturated heterocycles. The zero-order valence-electron chi connectivity index (χ0n) is 14.9. The SMILES string of the molecule is CCCCCCCCCCCC[N+](C)(C)C(C)OCC. The molecule has 0 fully saturated rings. The van der Waals surface area contributed by atoms with Crippen LogP contribution in [0.2, 0.25) is 0 Å². The molecule has 0 radical (unpaired) electrons. The van der Waals surface area contributed by atoms with Crippen molar-refractivity contribution in [3.63, 3.8) is 0 Å². The topological polar surface area (TPSA) is 9.23 Å². The van der Waals surface area contributed by atoms with Crippen molar-refractivity contribution >= 4 is 0 Å². The number of nitrogens with zero attached hydrogens (tertiary/aromatic N) is 1. The Balaban J connectivity index is 3.38. The summed E-state index contributed by atoms with van der Waals surface area (Å²) in [6.07, 6.45) is 14.4. The lowest BCUT2D eigenvalue weighted by molar-refractivity contribution is -0.935. The lowest BCUT2D eigenvalue weighted by Gasteiger charge is -2.35. The molecule has 0 aromatic heterocycles. The first-order chi connectivity index (χ1) is 9.54. The molecule has 122 valence electrons. The fourth-order valence-corrected chi connectivity index (χ4v) is 2.63. The van der Waals surface area contributed by atoms with E-state index in [2.05, 4.69) is 34.9 Å². The van der Waals surface area contributed by atoms with Gasteiger partial charge in [-0.1, -0.05) is 58.3 Å². The molecule has 0 aromatic carbocycles. The lowest BCUT2D eigenvalue weighted by atomic mass is 10.1. The summed E-state index contributed by atoms with van der Waals surface area (Å²) in [6.45, 7) is 8.61. The number of rotatable bonds is 14. The number of unbranched alkanes of at least 4 members (excludes halogenated alkanes) is 9. The number of hydrogen-bond donors (Lipinski definition) is 0. The van der Waals surface area contributed by atoms with E-state index in [1.54, 1.807) is 0 Å². The smallest absolute Gasteiger partial charge is 0.189 e. The Morgan fingerprint density at radius 2 is 1.20 bits per heavy atom. The van der Waals surface area contributed by atoms with Gasteiger partial charge in [0.2, 0.25) is 0 Å². The third-order valence-electron chi connectivity index (χ3n) is 4.48. The Bertz CT molecular complexity index is 204. The number of ether oxygens (including phenoxy) is 1. The van der Waals surface area contributed by atoms with Crippen molar-refractivity contribution in [2.45, 2.75) is 91.2 Å². The quantitative estimate of drug-likeness (QED) is 0.237. The summed E-state index contributed by atoms with van der Waals surface area (Å²) in [5.41, 5.74) is 0. The molecule has 0 N–H and O–H groups in total. The van der Waals surface area contributed by atoms with Gasteiger partial charge < -0.3 is 9.22 Å². The normalized spacial score (nSPS) is 13.7. The predicted molar refractivity (Wildman–Crippen MR) is 89.9 cm³/mol. The summed E-state index contributed by atoms with van der Waals surface area (Å²) in [7, 11) is 4.57. The van der Waals surface area contributed by atoms with Crippen LogP contribution >= 0.6 is 0 Å². The molecule has 1 unspecified atom stereocenters. The Hall–Kier alpha value is -0.0800. The van der Waals surface area contributed by atoms with Gasteiger partial charge in [-0.25, -0.2) is 0 Å². The van der Waals surface area contributed by atoms with Crippen molar-refractivity contribution < 1.29 is 9.22 Å². The second-order valence-electron chi connectivity index (χ2n) is 6.74. The van der Waals surface area contributed by atoms with Gasteiger partial charge in [-0.2, -0.15) is 0 Å². The number of hydrogen-bond acceptors (Lipinski definition) is 1. The minimum atomic E-state index is 0.318. The van der Waals surface area contributed by atoms with E-state index in [4.69, 9.17) is 4.74 Å². The highest BCUT2D eigenvalue weighted by atomic mass is 16.5. The van der Waals surface area contributed by atoms with Crippen molar-refractivity contribution in [1.82, 2.24) is 0 Å². The molecule has 20 heavy (non-hydrogen) atoms. The van der Waals surface area contributed by atoms with Crippen LogP contribution < -0.4 is 0 Å². The molecule has 0 aliphatic rings. The van der Waals surface area contributed by atoms with E-state index in [-0.39, 0.29) is 0 Å². The number of quaternary nitrogens is 1. The molecule has 0 aliphatic carbocycles. The average Bonchev–Trinajstić information content (AvgIpc) is 2.41. The molecule has 0 amide bonds. The van der Waals surface area contributed by atoms with Crippen LogP contribution in [-0.4, -0.2) is 38.0 Å². The molecular weight excluding hydrogens is 246 g/mol. The first-order valence-electron chi connectivity index (χ1n) is 8.98. The minimum absolute atomic E-state index is 0.318. The van der Waals surface area contributed by atoms with Crippen LogP contribution in [0.4, 0.5) is 0 Å². The third kappa shape index (κ3) is 10.7. The van der Waals surface area contributed by atoms with Crippen LogP contribution in [0.1, 0.15) is 85.0 Å². The third-order valence-corrected chi connectivity index (χ3v) is 4.48. The molecule has 0 rings (SSSR count). The van der Waals surface area contributed by atoms with E-state index in [0.29, 0.717) is 6.23 Å². The summed E-state index contributed by atoms with van der Waals surface area (Å²) in [5.74, 6) is 0. The van der Waals surface area contributed by atoms with Gasteiger partial charge in [0.15, 0.2) is 6.23 Å². The van der Waals surface area contributed by atoms with Crippen LogP contribution in [0.3, 0.4) is 0 Å². The van der Waals surface area contributed by atoms with Crippen LogP contribution in [0.25, 0.3) is 0 Å². The van der Waals surface area contributed by atoms with Gasteiger partial charge in [-0.3, -0.25) is 0 Å². The molecular formula is C18H40NO+. The highest BCUT2D eigenvalue weighted by Crippen LogP contribution is 2.13. The van der Waals surface area contributed by atoms with Crippen molar-refractivity contribution in [3.05, 3.63) is 0 Å². The molecule has 0 bridgehead atoms. The van der Waals surface area contributed by atoms with E-state index in [1.807, 2.05) is 0 Å². The highest BCUT2D eigenvalue weighted by molar-refractivity contribution is 4.48. The second kappa shape index (κ2) is 12.6. The van der Waals surface area contributed by atoms with Crippen molar-refractivity contribution in [3.8, 4) is 0 Å². The maximum absolute atomic E-state index is 5.72. The Morgan fingerprint density at radius 3 is 1.65 bits per heavy atom. The van der Waals surface area contributed by atoms with Crippen LogP contribution in [0.5, 0.6) is 0 Å². The first kappa shape index (κ1) is 19.9. The standard InChI is InChI=1S/C18H40NO/c1-6-8-9-10-11-12-13-14-15-16-17-19(4,5)18(3)20-7-2/h18H,6-17H2,1-5H3/q+1. The van der Waals surface area contributed by atoms with Crippen LogP contribution in [0, 0.1) is 0 Å². The van der Waals surface area contributed by atoms with Crippen molar-refractivity contribution in [2.24, 2.45) is 0 Å². The first-order valence-corrected chi connectivity index (χ1v) is 8.98. The van der Waals surface area contributed by atoms with Gasteiger partial charge >= 0.3 is 0 Å². The lowest BCUT2D eigenvalue weighted by Crippen LogP contribution is -2.49. The van der Waals surface area contributed by atoms with Gasteiger partial charge in [0, 0.05) is 6.92 Å². The largest absolute Gasteiger partial charge is 0.330 e. The molecule has 0 spiro atoms. The van der Waals surface area contributed by atoms with Crippen LogP contribution in [0.15, 0.2) is 0 Å². The Labute approximate surface area is 128 Å². The van der Waals surface area contributed by atoms with Gasteiger partial charge in [-0.15, -0.1) is 0 Å². The van der Waals surface area contributed by atoms with Gasteiger partial charge in [0.25, 0.3) is 0 Å². The van der Waals surface area contributed by atoms with E-state index in [9.17, 15) is 0 Å². The molecule has 0 aromatic rings. The average molecular weight is 287 g/mol. The molecule has 0 heterocycles. The Morgan fingerprint density at radius 1 is 0.750 bits per heavy atom. The fourth-order valence-electron chi connectivity index (χ4n) is 2.63. The zero-order chi connectivity index (χ0) is 15.3. The minimum Gasteiger partial charge on any atom is -0.330 e. The van der Waals surface area contributed by atoms with E-state index in [1.165, 1.54) is 70.8 Å². The maximum atomic E-state index is 5.72. The van der Waals surface area contributed by atoms with Crippen molar-refractivity contribution in [2.75, 3.05) is 27.2 Å². The molecule has 1 atom stereocenters. The monoisotopic (exact) mass is 286 g/mol. The van der Waals surface area contributed by atoms with Gasteiger partial charge in [-0.05, 0) is 19.8 Å². The molecule has 2 heteroatoms. The maximum Gasteiger partial charge on any atom is 0.189 e. The van der Waals surface area contributed by atoms with Crippen molar-refractivity contribution in [1.29, 1.82) is 0 Å². The summed E-state index contributed by atoms with van der Waals surface area (Å²) < 4.78 is 6.71. The van der Waals surface area contributed by atoms with Gasteiger partial charge in [0.05, 0.1) is 27.2 Å². The van der Waals surface area contributed by atoms with E-state index < -0.39 is 0 Å². The summed E-state index contributed by atoms with van der Waals surface area (Å²) in [6, 6.07) is 0. The zero-order valence-corrected chi connectivity index (χ0v) is 14.9. The van der Waals surface area contributed by atoms with E-state index >= 15 is 0 Å². The van der Waals surface area contributed by atoms with Gasteiger partial charge in [0.1, 0.15) is 0 Å². The molecule has 0 saturated carbocycles. The molecule has 2 nitrogen and oxygen atoms in total. The highest BCUT2D eigenvalue weighted by Gasteiger charge is 2.23. The summed E-state index contributed by atoms with van der Waals surface area (Å²) >= 11 is 0. The van der Waals surface area contributed by atoms with E-state index in [0.717, 1.165) is 11.1 Å². The second-order valence-corrected chi connectivity index (χ2v) is 6.74. The fraction of sp³-hybridized carbons (Fsp3) is 1.00.